The molecule has 0 aliphatic carbocycles. The number of ketones is 1. The van der Waals surface area contributed by atoms with Crippen molar-refractivity contribution in [3.05, 3.63) is 78.0 Å². The maximum Gasteiger partial charge on any atom is 0.195 e. The van der Waals surface area contributed by atoms with Gasteiger partial charge >= 0.3 is 0 Å². The Hall–Kier alpha value is -3.58. The molecule has 6 nitrogen and oxygen atoms in total. The van der Waals surface area contributed by atoms with Gasteiger partial charge in [-0.2, -0.15) is 0 Å². The smallest absolute Gasteiger partial charge is 0.195 e. The number of halogens is 1. The van der Waals surface area contributed by atoms with Crippen LogP contribution in [0.2, 0.25) is 0 Å². The lowest BCUT2D eigenvalue weighted by molar-refractivity contribution is 0.104. The van der Waals surface area contributed by atoms with Crippen molar-refractivity contribution >= 4 is 22.6 Å². The third-order valence-corrected chi connectivity index (χ3v) is 5.38. The number of pyridine rings is 2. The lowest BCUT2D eigenvalue weighted by Gasteiger charge is -2.28. The molecule has 0 unspecified atom stereocenters. The number of nitrogens with zero attached hydrogens (tertiary/aromatic N) is 3. The van der Waals surface area contributed by atoms with Gasteiger partial charge in [0.1, 0.15) is 17.3 Å². The number of carbonyl (C=O) groups excluding carboxylic acids is 1. The molecule has 30 heavy (non-hydrogen) atoms. The largest absolute Gasteiger partial charge is 0.354 e. The minimum atomic E-state index is -0.435. The van der Waals surface area contributed by atoms with Crippen molar-refractivity contribution in [1.29, 1.82) is 0 Å². The van der Waals surface area contributed by atoms with E-state index in [0.717, 1.165) is 43.1 Å². The molecular weight excluding hydrogens is 381 g/mol. The Bertz CT molecular complexity index is 1210. The van der Waals surface area contributed by atoms with Crippen molar-refractivity contribution in [2.45, 2.75) is 0 Å². The molecule has 4 heterocycles. The number of H-pyrrole nitrogens is 1. The molecule has 7 heteroatoms. The van der Waals surface area contributed by atoms with Gasteiger partial charge in [0.2, 0.25) is 0 Å². The molecule has 0 saturated carbocycles. The van der Waals surface area contributed by atoms with E-state index in [0.29, 0.717) is 22.2 Å². The second kappa shape index (κ2) is 7.68. The number of benzene rings is 1. The van der Waals surface area contributed by atoms with Crippen LogP contribution in [0.4, 0.5) is 10.2 Å². The first-order valence-electron chi connectivity index (χ1n) is 9.88. The number of carbonyl (C=O) groups is 1. The number of hydrogen-bond donors (Lipinski definition) is 2. The van der Waals surface area contributed by atoms with E-state index in [1.54, 1.807) is 18.5 Å². The van der Waals surface area contributed by atoms with Crippen LogP contribution < -0.4 is 10.2 Å². The third kappa shape index (κ3) is 3.44. The van der Waals surface area contributed by atoms with Gasteiger partial charge in [-0.15, -0.1) is 0 Å². The molecule has 0 atom stereocenters. The maximum atomic E-state index is 13.5. The van der Waals surface area contributed by atoms with E-state index in [1.165, 1.54) is 18.2 Å². The predicted molar refractivity (Wildman–Crippen MR) is 114 cm³/mol. The maximum absolute atomic E-state index is 13.5. The lowest BCUT2D eigenvalue weighted by Crippen LogP contribution is -2.43. The molecule has 1 aliphatic heterocycles. The summed E-state index contributed by atoms with van der Waals surface area (Å²) < 4.78 is 13.5. The van der Waals surface area contributed by atoms with Gasteiger partial charge in [-0.1, -0.05) is 12.1 Å². The van der Waals surface area contributed by atoms with Crippen LogP contribution in [-0.4, -0.2) is 46.9 Å². The number of anilines is 1. The number of hydrogen-bond acceptors (Lipinski definition) is 5. The number of piperazine rings is 1. The normalized spacial score (nSPS) is 14.2. The minimum absolute atomic E-state index is 0.244. The second-order valence-corrected chi connectivity index (χ2v) is 7.30. The summed E-state index contributed by atoms with van der Waals surface area (Å²) in [5, 5.41) is 4.04. The molecule has 150 valence electrons. The first kappa shape index (κ1) is 18.4. The number of aromatic amines is 1. The molecule has 2 N–H and O–H groups in total. The summed E-state index contributed by atoms with van der Waals surface area (Å²) in [5.41, 5.74) is 3.19. The number of nitrogens with one attached hydrogen (secondary N) is 2. The van der Waals surface area contributed by atoms with Crippen LogP contribution in [0.15, 0.2) is 61.1 Å². The highest BCUT2D eigenvalue weighted by molar-refractivity contribution is 6.16. The van der Waals surface area contributed by atoms with Crippen molar-refractivity contribution in [1.82, 2.24) is 20.3 Å². The SMILES string of the molecule is O=C(c1cccc(F)c1)c1c[nH]c2ncc(-c3ccc(N4CCNCC4)nc3)cc12. The van der Waals surface area contributed by atoms with Crippen LogP contribution in [0.5, 0.6) is 0 Å². The molecule has 5 rings (SSSR count). The topological polar surface area (TPSA) is 73.9 Å². The molecule has 0 radical (unpaired) electrons. The van der Waals surface area contributed by atoms with Crippen LogP contribution in [0.25, 0.3) is 22.2 Å². The first-order valence-corrected chi connectivity index (χ1v) is 9.88. The van der Waals surface area contributed by atoms with Crippen molar-refractivity contribution in [3.63, 3.8) is 0 Å². The Labute approximate surface area is 172 Å². The fourth-order valence-corrected chi connectivity index (χ4v) is 3.77. The Morgan fingerprint density at radius 2 is 1.83 bits per heavy atom. The standard InChI is InChI=1S/C23H20FN5O/c24-18-3-1-2-15(10-18)22(30)20-14-28-23-19(20)11-17(13-27-23)16-4-5-21(26-12-16)29-8-6-25-7-9-29/h1-5,10-14,25H,6-9H2,(H,27,28). The highest BCUT2D eigenvalue weighted by Crippen LogP contribution is 2.27. The molecule has 1 saturated heterocycles. The number of fused-ring (bicyclic) bond motifs is 1. The Kier molecular flexibility index (Phi) is 4.72. The van der Waals surface area contributed by atoms with Crippen molar-refractivity contribution in [3.8, 4) is 11.1 Å². The molecular formula is C23H20FN5O. The highest BCUT2D eigenvalue weighted by atomic mass is 19.1. The molecule has 0 bridgehead atoms. The molecule has 0 spiro atoms. The Morgan fingerprint density at radius 1 is 1.00 bits per heavy atom. The Balaban J connectivity index is 1.47. The van der Waals surface area contributed by atoms with E-state index in [9.17, 15) is 9.18 Å². The average molecular weight is 401 g/mol. The van der Waals surface area contributed by atoms with Crippen molar-refractivity contribution in [2.75, 3.05) is 31.1 Å². The van der Waals surface area contributed by atoms with Gasteiger partial charge in [-0.05, 0) is 30.3 Å². The highest BCUT2D eigenvalue weighted by Gasteiger charge is 2.17. The second-order valence-electron chi connectivity index (χ2n) is 7.30. The van der Waals surface area contributed by atoms with Gasteiger partial charge in [0.15, 0.2) is 5.78 Å². The molecule has 1 aliphatic rings. The Morgan fingerprint density at radius 3 is 2.60 bits per heavy atom. The summed E-state index contributed by atoms with van der Waals surface area (Å²) >= 11 is 0. The fraction of sp³-hybridized carbons (Fsp3) is 0.174. The third-order valence-electron chi connectivity index (χ3n) is 5.38. The van der Waals surface area contributed by atoms with Gasteiger partial charge in [-0.25, -0.2) is 14.4 Å². The summed E-state index contributed by atoms with van der Waals surface area (Å²) in [6.07, 6.45) is 5.22. The number of rotatable bonds is 4. The van der Waals surface area contributed by atoms with Gasteiger partial charge < -0.3 is 15.2 Å². The lowest BCUT2D eigenvalue weighted by atomic mass is 10.0. The summed E-state index contributed by atoms with van der Waals surface area (Å²) in [7, 11) is 0. The van der Waals surface area contributed by atoms with Crippen LogP contribution in [0.1, 0.15) is 15.9 Å². The number of aromatic nitrogens is 3. The minimum Gasteiger partial charge on any atom is -0.354 e. The zero-order valence-corrected chi connectivity index (χ0v) is 16.2. The first-order chi connectivity index (χ1) is 14.7. The molecule has 0 amide bonds. The molecule has 1 aromatic carbocycles. The van der Waals surface area contributed by atoms with Crippen LogP contribution >= 0.6 is 0 Å². The summed E-state index contributed by atoms with van der Waals surface area (Å²) in [6.45, 7) is 3.79. The average Bonchev–Trinajstić information content (AvgIpc) is 3.22. The van der Waals surface area contributed by atoms with E-state index in [4.69, 9.17) is 0 Å². The molecule has 1 fully saturated rings. The van der Waals surface area contributed by atoms with Crippen LogP contribution in [0.3, 0.4) is 0 Å². The monoisotopic (exact) mass is 401 g/mol. The predicted octanol–water partition coefficient (Wildman–Crippen LogP) is 3.40. The van der Waals surface area contributed by atoms with Gasteiger partial charge in [0, 0.05) is 72.4 Å². The summed E-state index contributed by atoms with van der Waals surface area (Å²) in [4.78, 5) is 27.3. The molecule has 3 aromatic heterocycles. The van der Waals surface area contributed by atoms with Crippen molar-refractivity contribution < 1.29 is 9.18 Å². The zero-order valence-electron chi connectivity index (χ0n) is 16.2. The van der Waals surface area contributed by atoms with E-state index in [2.05, 4.69) is 25.2 Å². The zero-order chi connectivity index (χ0) is 20.5. The van der Waals surface area contributed by atoms with Crippen molar-refractivity contribution in [2.24, 2.45) is 0 Å². The van der Waals surface area contributed by atoms with Gasteiger partial charge in [0.05, 0.1) is 0 Å². The van der Waals surface area contributed by atoms with E-state index >= 15 is 0 Å². The van der Waals surface area contributed by atoms with Crippen LogP contribution in [-0.2, 0) is 0 Å². The van der Waals surface area contributed by atoms with Gasteiger partial charge in [0.25, 0.3) is 0 Å². The van der Waals surface area contributed by atoms with E-state index in [1.807, 2.05) is 24.4 Å². The summed E-state index contributed by atoms with van der Waals surface area (Å²) in [5.74, 6) is 0.278. The van der Waals surface area contributed by atoms with Gasteiger partial charge in [-0.3, -0.25) is 4.79 Å². The quantitative estimate of drug-likeness (QED) is 0.513. The van der Waals surface area contributed by atoms with Crippen LogP contribution in [0, 0.1) is 5.82 Å². The van der Waals surface area contributed by atoms with E-state index < -0.39 is 5.82 Å². The van der Waals surface area contributed by atoms with E-state index in [-0.39, 0.29) is 5.78 Å². The molecule has 4 aromatic rings. The summed E-state index contributed by atoms with van der Waals surface area (Å²) in [6, 6.07) is 11.7. The fourth-order valence-electron chi connectivity index (χ4n) is 3.77.